The summed E-state index contributed by atoms with van der Waals surface area (Å²) in [6.07, 6.45) is 0. The second-order valence-corrected chi connectivity index (χ2v) is 15.3. The molecule has 64 heavy (non-hydrogen) atoms. The smallest absolute Gasteiger partial charge is 0.337 e. The Morgan fingerprint density at radius 2 is 0.734 bits per heavy atom. The zero-order valence-electron chi connectivity index (χ0n) is 36.3. The van der Waals surface area contributed by atoms with Gasteiger partial charge < -0.3 is 41.4 Å². The number of hydrogen-bond acceptors (Lipinski definition) is 10. The first-order valence-electron chi connectivity index (χ1n) is 20.1. The molecular weight excluding hydrogens is 813 g/mol. The number of amides is 4. The molecule has 0 fully saturated rings. The van der Waals surface area contributed by atoms with Crippen molar-refractivity contribution in [2.45, 2.75) is 38.8 Å². The minimum Gasteiger partial charge on any atom is -0.465 e. The molecule has 6 N–H and O–H groups in total. The van der Waals surface area contributed by atoms with Gasteiger partial charge in [-0.1, -0.05) is 72.8 Å². The highest BCUT2D eigenvalue weighted by Gasteiger charge is 2.32. The molecule has 0 radical (unpaired) electrons. The van der Waals surface area contributed by atoms with Crippen LogP contribution in [-0.2, 0) is 19.1 Å². The Bertz CT molecular complexity index is 2430. The zero-order chi connectivity index (χ0) is 46.3. The highest BCUT2D eigenvalue weighted by molar-refractivity contribution is 6.07. The maximum atomic E-state index is 13.0. The van der Waals surface area contributed by atoms with Crippen molar-refractivity contribution in [1.29, 1.82) is 0 Å². The monoisotopic (exact) mass is 862 g/mol. The van der Waals surface area contributed by atoms with Crippen molar-refractivity contribution in [2.75, 3.05) is 35.5 Å². The summed E-state index contributed by atoms with van der Waals surface area (Å²) >= 11 is 0. The van der Waals surface area contributed by atoms with E-state index in [4.69, 9.17) is 9.47 Å². The maximum Gasteiger partial charge on any atom is 0.337 e. The Kier molecular flexibility index (Phi) is 15.7. The predicted molar refractivity (Wildman–Crippen MR) is 248 cm³/mol. The Morgan fingerprint density at radius 3 is 1.09 bits per heavy atom. The van der Waals surface area contributed by atoms with Crippen LogP contribution in [0.25, 0.3) is 0 Å². The van der Waals surface area contributed by atoms with Gasteiger partial charge in [0.25, 0.3) is 11.8 Å². The van der Waals surface area contributed by atoms with E-state index in [9.17, 15) is 28.8 Å². The molecule has 0 saturated carbocycles. The van der Waals surface area contributed by atoms with Crippen LogP contribution in [0, 0.1) is 0 Å². The van der Waals surface area contributed by atoms with E-state index in [1.807, 2.05) is 72.8 Å². The summed E-state index contributed by atoms with van der Waals surface area (Å²) in [6.45, 7) is 6.44. The Balaban J connectivity index is 0.000000241. The summed E-state index contributed by atoms with van der Waals surface area (Å²) in [7, 11) is 2.58. The summed E-state index contributed by atoms with van der Waals surface area (Å²) in [5.41, 5.74) is 2.77. The van der Waals surface area contributed by atoms with Crippen molar-refractivity contribution >= 4 is 69.7 Å². The molecule has 0 unspecified atom stereocenters. The third kappa shape index (κ3) is 12.9. The fraction of sp³-hybridized carbons (Fsp3) is 0.160. The normalized spacial score (nSPS) is 10.7. The van der Waals surface area contributed by atoms with Crippen LogP contribution in [0.15, 0.2) is 158 Å². The van der Waals surface area contributed by atoms with Gasteiger partial charge in [0.05, 0.1) is 47.8 Å². The third-order valence-corrected chi connectivity index (χ3v) is 9.52. The maximum absolute atomic E-state index is 13.0. The fourth-order valence-corrected chi connectivity index (χ4v) is 6.01. The molecule has 0 bridgehead atoms. The number of hydrogen-bond donors (Lipinski definition) is 6. The number of benzene rings is 6. The van der Waals surface area contributed by atoms with Crippen molar-refractivity contribution in [3.63, 3.8) is 0 Å². The molecule has 0 aliphatic heterocycles. The van der Waals surface area contributed by atoms with Gasteiger partial charge in [0.1, 0.15) is 11.1 Å². The first-order valence-corrected chi connectivity index (χ1v) is 20.1. The summed E-state index contributed by atoms with van der Waals surface area (Å²) in [4.78, 5) is 75.2. The number of anilines is 6. The lowest BCUT2D eigenvalue weighted by molar-refractivity contribution is -0.121. The topological polar surface area (TPSA) is 193 Å². The first kappa shape index (κ1) is 46.8. The first-order chi connectivity index (χ1) is 30.6. The largest absolute Gasteiger partial charge is 0.465 e. The number of esters is 2. The van der Waals surface area contributed by atoms with Crippen LogP contribution in [0.1, 0.15) is 69.1 Å². The Morgan fingerprint density at radius 1 is 0.406 bits per heavy atom. The van der Waals surface area contributed by atoms with Crippen LogP contribution >= 0.6 is 0 Å². The number of para-hydroxylation sites is 4. The number of methoxy groups -OCH3 is 2. The summed E-state index contributed by atoms with van der Waals surface area (Å²) in [5, 5.41) is 17.5. The van der Waals surface area contributed by atoms with Crippen LogP contribution in [0.2, 0.25) is 0 Å². The number of ether oxygens (including phenoxy) is 2. The molecule has 6 aromatic rings. The van der Waals surface area contributed by atoms with Gasteiger partial charge in [-0.05, 0) is 113 Å². The zero-order valence-corrected chi connectivity index (χ0v) is 36.3. The Labute approximate surface area is 371 Å². The van der Waals surface area contributed by atoms with E-state index in [0.717, 1.165) is 11.4 Å². The van der Waals surface area contributed by atoms with E-state index >= 15 is 0 Å². The van der Waals surface area contributed by atoms with Gasteiger partial charge in [0, 0.05) is 22.7 Å². The minimum absolute atomic E-state index is 0.313. The van der Waals surface area contributed by atoms with E-state index in [1.54, 1.807) is 100 Å². The van der Waals surface area contributed by atoms with Gasteiger partial charge in [-0.15, -0.1) is 0 Å². The molecule has 0 spiro atoms. The highest BCUT2D eigenvalue weighted by atomic mass is 16.5. The molecule has 6 aromatic carbocycles. The fourth-order valence-electron chi connectivity index (χ4n) is 6.01. The van der Waals surface area contributed by atoms with Crippen LogP contribution in [0.5, 0.6) is 0 Å². The molecule has 0 aliphatic rings. The number of carbonyl (C=O) groups is 6. The van der Waals surface area contributed by atoms with E-state index in [-0.39, 0.29) is 0 Å². The van der Waals surface area contributed by atoms with Crippen molar-refractivity contribution < 1.29 is 38.2 Å². The van der Waals surface area contributed by atoms with Crippen molar-refractivity contribution in [3.05, 3.63) is 180 Å². The van der Waals surface area contributed by atoms with Gasteiger partial charge >= 0.3 is 11.9 Å². The lowest BCUT2D eigenvalue weighted by Crippen LogP contribution is -2.52. The quantitative estimate of drug-likeness (QED) is 0.0577. The average molecular weight is 863 g/mol. The van der Waals surface area contributed by atoms with Crippen molar-refractivity contribution in [3.8, 4) is 0 Å². The van der Waals surface area contributed by atoms with Gasteiger partial charge in [0.15, 0.2) is 0 Å². The van der Waals surface area contributed by atoms with Crippen molar-refractivity contribution in [1.82, 2.24) is 10.6 Å². The number of carbonyl (C=O) groups excluding carboxylic acids is 6. The molecule has 0 heterocycles. The lowest BCUT2D eigenvalue weighted by atomic mass is 10.0. The second kappa shape index (κ2) is 21.5. The minimum atomic E-state index is -1.22. The second-order valence-electron chi connectivity index (χ2n) is 15.3. The molecular formula is C50H50N6O8. The summed E-state index contributed by atoms with van der Waals surface area (Å²) in [6, 6.07) is 45.9. The van der Waals surface area contributed by atoms with E-state index in [1.165, 1.54) is 26.4 Å². The molecule has 0 saturated heterocycles. The van der Waals surface area contributed by atoms with Gasteiger partial charge in [-0.25, -0.2) is 9.59 Å². The van der Waals surface area contributed by atoms with E-state index in [2.05, 4.69) is 31.9 Å². The lowest BCUT2D eigenvalue weighted by Gasteiger charge is -2.26. The molecule has 6 rings (SSSR count). The molecule has 14 nitrogen and oxygen atoms in total. The Hall–Kier alpha value is -8.26. The van der Waals surface area contributed by atoms with E-state index < -0.39 is 46.6 Å². The third-order valence-electron chi connectivity index (χ3n) is 9.52. The summed E-state index contributed by atoms with van der Waals surface area (Å²) < 4.78 is 9.41. The average Bonchev–Trinajstić information content (AvgIpc) is 3.29. The van der Waals surface area contributed by atoms with Crippen molar-refractivity contribution in [2.24, 2.45) is 0 Å². The van der Waals surface area contributed by atoms with Crippen LogP contribution in [0.3, 0.4) is 0 Å². The van der Waals surface area contributed by atoms with Crippen LogP contribution in [-0.4, -0.2) is 60.9 Å². The summed E-state index contributed by atoms with van der Waals surface area (Å²) in [5.74, 6) is -2.66. The highest BCUT2D eigenvalue weighted by Crippen LogP contribution is 2.24. The number of rotatable bonds is 14. The van der Waals surface area contributed by atoms with Crippen LogP contribution < -0.4 is 31.9 Å². The van der Waals surface area contributed by atoms with Gasteiger partial charge in [-0.3, -0.25) is 19.2 Å². The molecule has 0 aliphatic carbocycles. The van der Waals surface area contributed by atoms with Gasteiger partial charge in [0.2, 0.25) is 11.8 Å². The molecule has 0 aromatic heterocycles. The molecule has 0 atom stereocenters. The van der Waals surface area contributed by atoms with Gasteiger partial charge in [-0.2, -0.15) is 0 Å². The standard InChI is InChI=1S/2C25H25N3O4/c2*1-25(2,24(31)27-19-13-9-10-17(16-19)23(30)32-3)28-22(29)20-14-7-8-15-21(20)26-18-11-5-4-6-12-18/h2*4-16,26H,1-3H3,(H,27,31)(H,28,29). The SMILES string of the molecule is COC(=O)c1cccc(NC(=O)C(C)(C)NC(=O)c2ccccc2Nc2ccccc2)c1.COC(=O)c1cccc(NC(=O)C(C)(C)NC(=O)c2ccccc2Nc2ccccc2)c1. The number of nitrogens with one attached hydrogen (secondary N) is 6. The van der Waals surface area contributed by atoms with E-state index in [0.29, 0.717) is 45.0 Å². The van der Waals surface area contributed by atoms with Crippen LogP contribution in [0.4, 0.5) is 34.1 Å². The molecule has 4 amide bonds. The molecule has 14 heteroatoms. The predicted octanol–water partition coefficient (Wildman–Crippen LogP) is 8.73. The molecule has 328 valence electrons.